The van der Waals surface area contributed by atoms with Gasteiger partial charge < -0.3 is 14.4 Å². The van der Waals surface area contributed by atoms with Crippen LogP contribution < -0.4 is 9.47 Å². The summed E-state index contributed by atoms with van der Waals surface area (Å²) in [6.07, 6.45) is 2.05. The Hall–Kier alpha value is -1.90. The number of aliphatic imine (C=N–C) groups is 1. The van der Waals surface area contributed by atoms with Crippen LogP contribution in [0.25, 0.3) is 0 Å². The van der Waals surface area contributed by atoms with Crippen LogP contribution in [0.5, 0.6) is 11.5 Å². The van der Waals surface area contributed by atoms with E-state index in [0.29, 0.717) is 0 Å². The molecule has 3 rings (SSSR count). The van der Waals surface area contributed by atoms with Gasteiger partial charge in [0.1, 0.15) is 11.5 Å². The van der Waals surface area contributed by atoms with E-state index in [1.165, 1.54) is 11.1 Å². The summed E-state index contributed by atoms with van der Waals surface area (Å²) in [5.41, 5.74) is 4.24. The summed E-state index contributed by atoms with van der Waals surface area (Å²) in [5.74, 6) is 1.69. The summed E-state index contributed by atoms with van der Waals surface area (Å²) >= 11 is 7.94. The van der Waals surface area contributed by atoms with E-state index in [9.17, 15) is 0 Å². The van der Waals surface area contributed by atoms with E-state index < -0.39 is 0 Å². The number of rotatable bonds is 7. The Morgan fingerprint density at radius 1 is 0.875 bits per heavy atom. The lowest BCUT2D eigenvalue weighted by molar-refractivity contribution is 0.405. The van der Waals surface area contributed by atoms with Crippen molar-refractivity contribution >= 4 is 58.2 Å². The monoisotopic (exact) mass is 582 g/mol. The van der Waals surface area contributed by atoms with Gasteiger partial charge in [-0.05, 0) is 66.3 Å². The van der Waals surface area contributed by atoms with Gasteiger partial charge in [-0.2, -0.15) is 0 Å². The number of nitrogens with zero attached hydrogens (tertiary/aromatic N) is 2. The van der Waals surface area contributed by atoms with Crippen LogP contribution in [-0.4, -0.2) is 30.5 Å². The maximum atomic E-state index is 6.32. The van der Waals surface area contributed by atoms with Crippen molar-refractivity contribution in [2.24, 2.45) is 4.99 Å². The summed E-state index contributed by atoms with van der Waals surface area (Å²) in [7, 11) is 3.35. The Balaban J connectivity index is 0.00000363. The number of hydrogen-bond acceptors (Lipinski definition) is 4. The van der Waals surface area contributed by atoms with Crippen molar-refractivity contribution in [1.29, 1.82) is 0 Å². The lowest BCUT2D eigenvalue weighted by atomic mass is 10.1. The first-order valence-corrected chi connectivity index (χ1v) is 11.5. The minimum Gasteiger partial charge on any atom is -0.497 e. The zero-order valence-electron chi connectivity index (χ0n) is 18.7. The molecule has 0 bridgehead atoms. The first kappa shape index (κ1) is 26.4. The highest BCUT2D eigenvalue weighted by molar-refractivity contribution is 14.0. The second kappa shape index (κ2) is 13.0. The highest BCUT2D eigenvalue weighted by atomic mass is 127. The maximum absolute atomic E-state index is 6.32. The van der Waals surface area contributed by atoms with E-state index in [1.54, 1.807) is 26.0 Å². The fourth-order valence-electron chi connectivity index (χ4n) is 3.10. The van der Waals surface area contributed by atoms with E-state index in [4.69, 9.17) is 26.1 Å². The van der Waals surface area contributed by atoms with Crippen LogP contribution in [0, 0.1) is 6.92 Å². The minimum atomic E-state index is 0. The molecule has 0 heterocycles. The second-order valence-electron chi connectivity index (χ2n) is 7.08. The molecule has 0 aliphatic rings. The largest absolute Gasteiger partial charge is 0.497 e. The number of thioether (sulfide) groups is 1. The zero-order valence-corrected chi connectivity index (χ0v) is 22.6. The summed E-state index contributed by atoms with van der Waals surface area (Å²) in [6.45, 7) is 3.43. The first-order valence-electron chi connectivity index (χ1n) is 9.92. The predicted molar refractivity (Wildman–Crippen MR) is 147 cm³/mol. The van der Waals surface area contributed by atoms with Crippen molar-refractivity contribution in [3.8, 4) is 11.5 Å². The molecule has 7 heteroatoms. The molecule has 0 unspecified atom stereocenters. The van der Waals surface area contributed by atoms with Crippen LogP contribution in [0.15, 0.2) is 71.7 Å². The van der Waals surface area contributed by atoms with Crippen LogP contribution in [0.2, 0.25) is 5.02 Å². The van der Waals surface area contributed by atoms with E-state index in [0.717, 1.165) is 46.0 Å². The molecule has 0 saturated heterocycles. The highest BCUT2D eigenvalue weighted by Gasteiger charge is 2.14. The molecule has 0 amide bonds. The number of aryl methyl sites for hydroxylation is 1. The molecule has 3 aromatic rings. The van der Waals surface area contributed by atoms with Crippen LogP contribution in [-0.2, 0) is 13.1 Å². The van der Waals surface area contributed by atoms with Gasteiger partial charge in [-0.1, -0.05) is 53.7 Å². The summed E-state index contributed by atoms with van der Waals surface area (Å²) in [4.78, 5) is 7.18. The molecule has 0 saturated carbocycles. The molecule has 0 fully saturated rings. The van der Waals surface area contributed by atoms with Gasteiger partial charge in [0, 0.05) is 18.1 Å². The van der Waals surface area contributed by atoms with Gasteiger partial charge in [-0.3, -0.25) is 0 Å². The van der Waals surface area contributed by atoms with Gasteiger partial charge >= 0.3 is 0 Å². The van der Waals surface area contributed by atoms with Gasteiger partial charge in [0.25, 0.3) is 0 Å². The Morgan fingerprint density at radius 2 is 1.38 bits per heavy atom. The van der Waals surface area contributed by atoms with Crippen molar-refractivity contribution < 1.29 is 9.47 Å². The average molecular weight is 583 g/mol. The maximum Gasteiger partial charge on any atom is 0.164 e. The highest BCUT2D eigenvalue weighted by Crippen LogP contribution is 2.25. The van der Waals surface area contributed by atoms with Crippen molar-refractivity contribution in [3.63, 3.8) is 0 Å². The third kappa shape index (κ3) is 7.32. The molecular formula is C25H28ClIN2O2S. The van der Waals surface area contributed by atoms with Crippen LogP contribution in [0.1, 0.15) is 16.7 Å². The molecule has 0 aliphatic carbocycles. The second-order valence-corrected chi connectivity index (χ2v) is 8.26. The number of halogens is 2. The summed E-state index contributed by atoms with van der Waals surface area (Å²) in [5, 5.41) is 1.64. The topological polar surface area (TPSA) is 34.1 Å². The Bertz CT molecular complexity index is 978. The Kier molecular flexibility index (Phi) is 10.7. The van der Waals surface area contributed by atoms with Gasteiger partial charge in [0.05, 0.1) is 19.9 Å². The fraction of sp³-hybridized carbons (Fsp3) is 0.240. The molecule has 4 nitrogen and oxygen atoms in total. The molecule has 0 N–H and O–H groups in total. The first-order chi connectivity index (χ1) is 15.0. The van der Waals surface area contributed by atoms with Crippen molar-refractivity contribution in [2.45, 2.75) is 20.0 Å². The fourth-order valence-corrected chi connectivity index (χ4v) is 3.86. The summed E-state index contributed by atoms with van der Waals surface area (Å²) < 4.78 is 10.6. The standard InChI is InChI=1S/C25H27ClN2O2S.HI/c1-18-5-10-21(15-24(18)26)27-25(31-4)28(16-19-6-11-22(29-2)12-7-19)17-20-8-13-23(30-3)14-9-20;/h5-15H,16-17H2,1-4H3;1H. The van der Waals surface area contributed by atoms with E-state index in [1.807, 2.05) is 55.6 Å². The lowest BCUT2D eigenvalue weighted by Gasteiger charge is -2.26. The third-order valence-corrected chi connectivity index (χ3v) is 6.02. The number of hydrogen-bond donors (Lipinski definition) is 0. The molecule has 0 spiro atoms. The third-order valence-electron chi connectivity index (χ3n) is 4.90. The van der Waals surface area contributed by atoms with E-state index >= 15 is 0 Å². The van der Waals surface area contributed by atoms with Crippen LogP contribution in [0.4, 0.5) is 5.69 Å². The number of ether oxygens (including phenoxy) is 2. The Labute approximate surface area is 217 Å². The number of methoxy groups -OCH3 is 2. The molecular weight excluding hydrogens is 555 g/mol. The SMILES string of the molecule is COc1ccc(CN(Cc2ccc(OC)cc2)C(=Nc2ccc(C)c(Cl)c2)SC)cc1.I. The van der Waals surface area contributed by atoms with Gasteiger partial charge in [-0.25, -0.2) is 4.99 Å². The Morgan fingerprint density at radius 3 is 1.78 bits per heavy atom. The van der Waals surface area contributed by atoms with Gasteiger partial charge in [0.15, 0.2) is 5.17 Å². The smallest absolute Gasteiger partial charge is 0.164 e. The summed E-state index contributed by atoms with van der Waals surface area (Å²) in [6, 6.07) is 22.2. The molecule has 3 aromatic carbocycles. The number of benzene rings is 3. The quantitative estimate of drug-likeness (QED) is 0.166. The average Bonchev–Trinajstić information content (AvgIpc) is 2.80. The van der Waals surface area contributed by atoms with Crippen molar-refractivity contribution in [3.05, 3.63) is 88.4 Å². The molecule has 0 atom stereocenters. The molecule has 0 aromatic heterocycles. The molecule has 0 radical (unpaired) electrons. The van der Waals surface area contributed by atoms with Gasteiger partial charge in [-0.15, -0.1) is 24.0 Å². The minimum absolute atomic E-state index is 0. The normalized spacial score (nSPS) is 11.0. The van der Waals surface area contributed by atoms with E-state index in [-0.39, 0.29) is 24.0 Å². The zero-order chi connectivity index (χ0) is 22.2. The van der Waals surface area contributed by atoms with Crippen molar-refractivity contribution in [1.82, 2.24) is 4.90 Å². The van der Waals surface area contributed by atoms with Crippen molar-refractivity contribution in [2.75, 3.05) is 20.5 Å². The van der Waals surface area contributed by atoms with Crippen LogP contribution >= 0.6 is 47.3 Å². The number of amidine groups is 1. The molecule has 0 aliphatic heterocycles. The predicted octanol–water partition coefficient (Wildman–Crippen LogP) is 7.34. The molecule has 170 valence electrons. The van der Waals surface area contributed by atoms with Gasteiger partial charge in [0.2, 0.25) is 0 Å². The lowest BCUT2D eigenvalue weighted by Crippen LogP contribution is -2.27. The van der Waals surface area contributed by atoms with Crippen LogP contribution in [0.3, 0.4) is 0 Å². The van der Waals surface area contributed by atoms with E-state index in [2.05, 4.69) is 29.2 Å². The molecule has 32 heavy (non-hydrogen) atoms.